The Labute approximate surface area is 179 Å². The van der Waals surface area contributed by atoms with Crippen molar-refractivity contribution in [3.8, 4) is 0 Å². The first-order valence-corrected chi connectivity index (χ1v) is 11.8. The Bertz CT molecular complexity index is 1320. The van der Waals surface area contributed by atoms with Gasteiger partial charge < -0.3 is 9.73 Å². The van der Waals surface area contributed by atoms with Gasteiger partial charge in [0.25, 0.3) is 5.91 Å². The number of carbonyl (C=O) groups is 1. The molecule has 3 aromatic rings. The Hall–Kier alpha value is -2.91. The molecule has 2 aromatic carbocycles. The van der Waals surface area contributed by atoms with Crippen molar-refractivity contribution in [2.75, 3.05) is 0 Å². The molecular weight excluding hydrogens is 418 g/mol. The summed E-state index contributed by atoms with van der Waals surface area (Å²) in [7, 11) is -2.21. The van der Waals surface area contributed by atoms with Crippen LogP contribution in [-0.2, 0) is 23.6 Å². The first kappa shape index (κ1) is 20.0. The SMILES string of the molecule is Cn1c(=O)oc2cc(S(=O)(=O)N(Cc3ccc(C(=O)NC4CC4)cc3)C3CC3)ccc21. The molecule has 2 aliphatic carbocycles. The van der Waals surface area contributed by atoms with Crippen LogP contribution in [-0.4, -0.2) is 35.3 Å². The van der Waals surface area contributed by atoms with Gasteiger partial charge in [0.1, 0.15) is 0 Å². The van der Waals surface area contributed by atoms with E-state index in [0.717, 1.165) is 31.2 Å². The van der Waals surface area contributed by atoms with E-state index in [1.165, 1.54) is 21.0 Å². The lowest BCUT2D eigenvalue weighted by atomic mass is 10.1. The zero-order valence-corrected chi connectivity index (χ0v) is 17.9. The molecule has 0 spiro atoms. The molecule has 0 unspecified atom stereocenters. The van der Waals surface area contributed by atoms with Crippen LogP contribution in [0, 0.1) is 0 Å². The molecule has 2 fully saturated rings. The monoisotopic (exact) mass is 441 g/mol. The van der Waals surface area contributed by atoms with E-state index < -0.39 is 15.8 Å². The highest BCUT2D eigenvalue weighted by Gasteiger charge is 2.38. The van der Waals surface area contributed by atoms with Crippen molar-refractivity contribution in [1.29, 1.82) is 0 Å². The maximum atomic E-state index is 13.4. The van der Waals surface area contributed by atoms with Crippen LogP contribution in [0.25, 0.3) is 11.1 Å². The summed E-state index contributed by atoms with van der Waals surface area (Å²) in [6.45, 7) is 0.217. The third-order valence-electron chi connectivity index (χ3n) is 5.79. The van der Waals surface area contributed by atoms with Crippen molar-refractivity contribution in [2.24, 2.45) is 7.05 Å². The number of nitrogens with one attached hydrogen (secondary N) is 1. The smallest absolute Gasteiger partial charge is 0.408 e. The minimum Gasteiger partial charge on any atom is -0.408 e. The Balaban J connectivity index is 1.40. The number of amides is 1. The second-order valence-corrected chi connectivity index (χ2v) is 10.2. The predicted octanol–water partition coefficient (Wildman–Crippen LogP) is 2.38. The second kappa shape index (κ2) is 7.35. The predicted molar refractivity (Wildman–Crippen MR) is 114 cm³/mol. The molecule has 31 heavy (non-hydrogen) atoms. The van der Waals surface area contributed by atoms with E-state index in [2.05, 4.69) is 5.32 Å². The topological polar surface area (TPSA) is 102 Å². The minimum atomic E-state index is -3.78. The van der Waals surface area contributed by atoms with Crippen molar-refractivity contribution in [1.82, 2.24) is 14.2 Å². The Kier molecular flexibility index (Phi) is 4.75. The van der Waals surface area contributed by atoms with E-state index in [0.29, 0.717) is 11.1 Å². The molecule has 1 heterocycles. The Morgan fingerprint density at radius 2 is 1.84 bits per heavy atom. The van der Waals surface area contributed by atoms with E-state index in [-0.39, 0.29) is 35.0 Å². The molecule has 0 bridgehead atoms. The van der Waals surface area contributed by atoms with E-state index in [4.69, 9.17) is 4.42 Å². The average Bonchev–Trinajstić information content (AvgIpc) is 3.67. The van der Waals surface area contributed by atoms with Crippen LogP contribution in [0.5, 0.6) is 0 Å². The van der Waals surface area contributed by atoms with Gasteiger partial charge in [-0.15, -0.1) is 0 Å². The number of carbonyl (C=O) groups excluding carboxylic acids is 1. The molecule has 0 saturated heterocycles. The molecule has 2 aliphatic rings. The second-order valence-electron chi connectivity index (χ2n) is 8.28. The highest BCUT2D eigenvalue weighted by atomic mass is 32.2. The largest absolute Gasteiger partial charge is 0.419 e. The molecule has 0 radical (unpaired) electrons. The van der Waals surface area contributed by atoms with Gasteiger partial charge in [-0.2, -0.15) is 4.31 Å². The molecule has 1 amide bonds. The van der Waals surface area contributed by atoms with Gasteiger partial charge in [-0.05, 0) is 55.5 Å². The first-order chi connectivity index (χ1) is 14.8. The Morgan fingerprint density at radius 1 is 1.13 bits per heavy atom. The number of hydrogen-bond acceptors (Lipinski definition) is 5. The normalized spacial score (nSPS) is 16.7. The van der Waals surface area contributed by atoms with Crippen LogP contribution in [0.15, 0.2) is 56.6 Å². The van der Waals surface area contributed by atoms with Crippen LogP contribution in [0.4, 0.5) is 0 Å². The number of nitrogens with zero attached hydrogens (tertiary/aromatic N) is 2. The van der Waals surface area contributed by atoms with Crippen molar-refractivity contribution >= 4 is 27.0 Å². The zero-order chi connectivity index (χ0) is 21.8. The van der Waals surface area contributed by atoms with Crippen molar-refractivity contribution < 1.29 is 17.6 Å². The number of rotatable bonds is 7. The van der Waals surface area contributed by atoms with Crippen molar-refractivity contribution in [2.45, 2.75) is 49.2 Å². The maximum absolute atomic E-state index is 13.4. The summed E-state index contributed by atoms with van der Waals surface area (Å²) in [5, 5.41) is 2.95. The number of aromatic nitrogens is 1. The summed E-state index contributed by atoms with van der Waals surface area (Å²) in [4.78, 5) is 24.0. The molecule has 1 N–H and O–H groups in total. The standard InChI is InChI=1S/C22H23N3O5S/c1-24-19-11-10-18(12-20(19)30-22(24)27)31(28,29)25(17-8-9-17)13-14-2-4-15(5-3-14)21(26)23-16-6-7-16/h2-5,10-12,16-17H,6-9,13H2,1H3,(H,23,26). The third kappa shape index (κ3) is 3.90. The van der Waals surface area contributed by atoms with E-state index >= 15 is 0 Å². The lowest BCUT2D eigenvalue weighted by molar-refractivity contribution is 0.0951. The van der Waals surface area contributed by atoms with Gasteiger partial charge in [-0.25, -0.2) is 13.2 Å². The van der Waals surface area contributed by atoms with Gasteiger partial charge in [-0.3, -0.25) is 9.36 Å². The van der Waals surface area contributed by atoms with E-state index in [1.54, 1.807) is 37.4 Å². The number of oxazole rings is 1. The average molecular weight is 442 g/mol. The molecule has 1 aromatic heterocycles. The number of fused-ring (bicyclic) bond motifs is 1. The van der Waals surface area contributed by atoms with Crippen molar-refractivity contribution in [3.05, 3.63) is 64.1 Å². The summed E-state index contributed by atoms with van der Waals surface area (Å²) in [5.74, 6) is -0.632. The minimum absolute atomic E-state index is 0.0543. The van der Waals surface area contributed by atoms with Gasteiger partial charge in [-0.1, -0.05) is 12.1 Å². The van der Waals surface area contributed by atoms with Crippen LogP contribution in [0.3, 0.4) is 0 Å². The first-order valence-electron chi connectivity index (χ1n) is 10.3. The number of sulfonamides is 1. The fraction of sp³-hybridized carbons (Fsp3) is 0.364. The molecule has 9 heteroatoms. The fourth-order valence-electron chi connectivity index (χ4n) is 3.62. The molecule has 0 aliphatic heterocycles. The molecule has 5 rings (SSSR count). The summed E-state index contributed by atoms with van der Waals surface area (Å²) in [6, 6.07) is 11.8. The highest BCUT2D eigenvalue weighted by Crippen LogP contribution is 2.34. The quantitative estimate of drug-likeness (QED) is 0.607. The van der Waals surface area contributed by atoms with Crippen LogP contribution in [0.1, 0.15) is 41.6 Å². The van der Waals surface area contributed by atoms with Crippen LogP contribution < -0.4 is 11.1 Å². The Morgan fingerprint density at radius 3 is 2.48 bits per heavy atom. The summed E-state index contributed by atoms with van der Waals surface area (Å²) >= 11 is 0. The number of hydrogen-bond donors (Lipinski definition) is 1. The fourth-order valence-corrected chi connectivity index (χ4v) is 5.31. The third-order valence-corrected chi connectivity index (χ3v) is 7.69. The summed E-state index contributed by atoms with van der Waals surface area (Å²) in [6.07, 6.45) is 3.67. The van der Waals surface area contributed by atoms with Gasteiger partial charge >= 0.3 is 5.76 Å². The van der Waals surface area contributed by atoms with Gasteiger partial charge in [0.15, 0.2) is 5.58 Å². The molecular formula is C22H23N3O5S. The highest BCUT2D eigenvalue weighted by molar-refractivity contribution is 7.89. The van der Waals surface area contributed by atoms with Gasteiger partial charge in [0.05, 0.1) is 10.4 Å². The summed E-state index contributed by atoms with van der Waals surface area (Å²) < 4.78 is 34.8. The van der Waals surface area contributed by atoms with Crippen LogP contribution in [0.2, 0.25) is 0 Å². The summed E-state index contributed by atoms with van der Waals surface area (Å²) in [5.41, 5.74) is 2.17. The molecule has 8 nitrogen and oxygen atoms in total. The molecule has 0 atom stereocenters. The lowest BCUT2D eigenvalue weighted by Crippen LogP contribution is -2.32. The van der Waals surface area contributed by atoms with Gasteiger partial charge in [0, 0.05) is 37.3 Å². The lowest BCUT2D eigenvalue weighted by Gasteiger charge is -2.22. The van der Waals surface area contributed by atoms with E-state index in [9.17, 15) is 18.0 Å². The van der Waals surface area contributed by atoms with Crippen LogP contribution >= 0.6 is 0 Å². The number of aryl methyl sites for hydroxylation is 1. The van der Waals surface area contributed by atoms with Crippen molar-refractivity contribution in [3.63, 3.8) is 0 Å². The molecule has 2 saturated carbocycles. The van der Waals surface area contributed by atoms with E-state index in [1.807, 2.05) is 0 Å². The zero-order valence-electron chi connectivity index (χ0n) is 17.1. The maximum Gasteiger partial charge on any atom is 0.419 e. The number of benzene rings is 2. The van der Waals surface area contributed by atoms with Gasteiger partial charge in [0.2, 0.25) is 10.0 Å². The molecule has 162 valence electrons.